The number of likely N-dealkylation sites (tertiary alicyclic amines) is 1. The Morgan fingerprint density at radius 1 is 0.915 bits per heavy atom. The summed E-state index contributed by atoms with van der Waals surface area (Å²) in [5.41, 5.74) is 6.20. The third kappa shape index (κ3) is 6.62. The van der Waals surface area contributed by atoms with E-state index in [4.69, 9.17) is 4.98 Å². The van der Waals surface area contributed by atoms with Gasteiger partial charge in [0.2, 0.25) is 5.95 Å². The molecular formula is C40H42N6O. The molecule has 1 aliphatic heterocycles. The molecule has 47 heavy (non-hydrogen) atoms. The molecule has 2 aromatic heterocycles. The Balaban J connectivity index is 1.10. The molecule has 7 heteroatoms. The summed E-state index contributed by atoms with van der Waals surface area (Å²) in [6.07, 6.45) is 5.34. The second-order valence-corrected chi connectivity index (χ2v) is 12.7. The van der Waals surface area contributed by atoms with Gasteiger partial charge < -0.3 is 15.2 Å². The SMILES string of the molecule is CCC(c1ccc2ccccc2c1)C(N1CCC(Nc2nc3c(Cc4ccccn4)cccc3[nH]2)CC1)N(C)C(=O)c1ccccc1. The third-order valence-electron chi connectivity index (χ3n) is 9.68. The third-order valence-corrected chi connectivity index (χ3v) is 9.68. The van der Waals surface area contributed by atoms with E-state index in [2.05, 4.69) is 93.8 Å². The highest BCUT2D eigenvalue weighted by Gasteiger charge is 2.36. The minimum Gasteiger partial charge on any atom is -0.353 e. The fraction of sp³-hybridized carbons (Fsp3) is 0.275. The van der Waals surface area contributed by atoms with Gasteiger partial charge in [0.1, 0.15) is 0 Å². The molecule has 7 rings (SSSR count). The van der Waals surface area contributed by atoms with Crippen LogP contribution >= 0.6 is 0 Å². The molecule has 1 aliphatic rings. The zero-order valence-electron chi connectivity index (χ0n) is 27.1. The number of aromatic amines is 1. The molecule has 0 spiro atoms. The summed E-state index contributed by atoms with van der Waals surface area (Å²) >= 11 is 0. The fourth-order valence-corrected chi connectivity index (χ4v) is 7.23. The zero-order valence-corrected chi connectivity index (χ0v) is 27.1. The smallest absolute Gasteiger partial charge is 0.254 e. The number of hydrogen-bond acceptors (Lipinski definition) is 5. The van der Waals surface area contributed by atoms with Crippen molar-refractivity contribution in [3.63, 3.8) is 0 Å². The van der Waals surface area contributed by atoms with E-state index in [9.17, 15) is 4.79 Å². The first kappa shape index (κ1) is 30.6. The monoisotopic (exact) mass is 622 g/mol. The van der Waals surface area contributed by atoms with Crippen molar-refractivity contribution in [3.8, 4) is 0 Å². The van der Waals surface area contributed by atoms with E-state index in [1.807, 2.05) is 60.6 Å². The first-order valence-corrected chi connectivity index (χ1v) is 16.8. The van der Waals surface area contributed by atoms with Crippen LogP contribution in [0.2, 0.25) is 0 Å². The Hall–Kier alpha value is -5.01. The van der Waals surface area contributed by atoms with Crippen LogP contribution in [0.15, 0.2) is 115 Å². The number of hydrogen-bond donors (Lipinski definition) is 2. The van der Waals surface area contributed by atoms with E-state index in [1.165, 1.54) is 16.3 Å². The van der Waals surface area contributed by atoms with Crippen LogP contribution in [-0.4, -0.2) is 63.0 Å². The van der Waals surface area contributed by atoms with Gasteiger partial charge in [0.05, 0.1) is 17.2 Å². The number of anilines is 1. The lowest BCUT2D eigenvalue weighted by Crippen LogP contribution is -2.55. The predicted molar refractivity (Wildman–Crippen MR) is 191 cm³/mol. The number of nitrogens with one attached hydrogen (secondary N) is 2. The number of piperidine rings is 1. The van der Waals surface area contributed by atoms with Gasteiger partial charge in [-0.1, -0.05) is 85.8 Å². The summed E-state index contributed by atoms with van der Waals surface area (Å²) in [6.45, 7) is 4.00. The van der Waals surface area contributed by atoms with Crippen molar-refractivity contribution < 1.29 is 4.79 Å². The van der Waals surface area contributed by atoms with Crippen molar-refractivity contribution in [2.24, 2.45) is 0 Å². The first-order chi connectivity index (χ1) is 23.1. The van der Waals surface area contributed by atoms with Crippen molar-refractivity contribution >= 4 is 33.7 Å². The summed E-state index contributed by atoms with van der Waals surface area (Å²) in [7, 11) is 1.98. The lowest BCUT2D eigenvalue weighted by molar-refractivity contribution is 0.0201. The Morgan fingerprint density at radius 2 is 1.68 bits per heavy atom. The number of pyridine rings is 1. The lowest BCUT2D eigenvalue weighted by Gasteiger charge is -2.45. The van der Waals surface area contributed by atoms with E-state index in [1.54, 1.807) is 0 Å². The maximum Gasteiger partial charge on any atom is 0.254 e. The molecule has 6 aromatic rings. The minimum atomic E-state index is -0.0739. The van der Waals surface area contributed by atoms with Gasteiger partial charge in [-0.15, -0.1) is 0 Å². The standard InChI is InChI=1S/C40H42N6O/c1-3-35(31-20-19-28-12-7-8-15-30(28)26-31)38(45(2)39(47)29-13-5-4-6-14-29)46-24-21-33(22-25-46)42-40-43-36-18-11-16-32(37(36)44-40)27-34-17-9-10-23-41-34/h4-20,23,26,33,35,38H,3,21-22,24-25,27H2,1-2H3,(H2,42,43,44). The second kappa shape index (κ2) is 13.8. The Bertz CT molecular complexity index is 1950. The van der Waals surface area contributed by atoms with Gasteiger partial charge in [0, 0.05) is 56.0 Å². The van der Waals surface area contributed by atoms with Crippen LogP contribution in [0, 0.1) is 0 Å². The molecule has 2 unspecified atom stereocenters. The van der Waals surface area contributed by atoms with Gasteiger partial charge in [0.25, 0.3) is 5.91 Å². The molecule has 0 saturated carbocycles. The molecule has 1 fully saturated rings. The van der Waals surface area contributed by atoms with Gasteiger partial charge in [-0.2, -0.15) is 0 Å². The maximum absolute atomic E-state index is 13.9. The average molecular weight is 623 g/mol. The number of imidazole rings is 1. The zero-order chi connectivity index (χ0) is 32.2. The predicted octanol–water partition coefficient (Wildman–Crippen LogP) is 7.87. The van der Waals surface area contributed by atoms with E-state index >= 15 is 0 Å². The van der Waals surface area contributed by atoms with Crippen LogP contribution in [0.1, 0.15) is 59.3 Å². The quantitative estimate of drug-likeness (QED) is 0.163. The van der Waals surface area contributed by atoms with Crippen molar-refractivity contribution in [1.82, 2.24) is 24.8 Å². The molecule has 4 aromatic carbocycles. The summed E-state index contributed by atoms with van der Waals surface area (Å²) in [5, 5.41) is 6.17. The molecule has 2 atom stereocenters. The van der Waals surface area contributed by atoms with Gasteiger partial charge in [0.15, 0.2) is 0 Å². The Labute approximate surface area is 276 Å². The molecule has 1 amide bonds. The number of para-hydroxylation sites is 1. The van der Waals surface area contributed by atoms with Crippen molar-refractivity contribution in [2.75, 3.05) is 25.5 Å². The Kier molecular flexibility index (Phi) is 8.98. The number of carbonyl (C=O) groups excluding carboxylic acids is 1. The number of H-pyrrole nitrogens is 1. The highest BCUT2D eigenvalue weighted by Crippen LogP contribution is 2.34. The van der Waals surface area contributed by atoms with E-state index < -0.39 is 0 Å². The normalized spacial score (nSPS) is 15.4. The number of fused-ring (bicyclic) bond motifs is 2. The molecule has 0 bridgehead atoms. The van der Waals surface area contributed by atoms with Gasteiger partial charge in [-0.3, -0.25) is 14.7 Å². The van der Waals surface area contributed by atoms with Crippen LogP contribution in [0.3, 0.4) is 0 Å². The maximum atomic E-state index is 13.9. The summed E-state index contributed by atoms with van der Waals surface area (Å²) in [5.74, 6) is 1.02. The van der Waals surface area contributed by atoms with Gasteiger partial charge in [-0.05, 0) is 71.5 Å². The molecule has 3 heterocycles. The van der Waals surface area contributed by atoms with E-state index in [0.717, 1.165) is 72.6 Å². The number of carbonyl (C=O) groups is 1. The topological polar surface area (TPSA) is 77.2 Å². The highest BCUT2D eigenvalue weighted by atomic mass is 16.2. The fourth-order valence-electron chi connectivity index (χ4n) is 7.23. The van der Waals surface area contributed by atoms with Crippen LogP contribution in [0.5, 0.6) is 0 Å². The summed E-state index contributed by atoms with van der Waals surface area (Å²) in [6, 6.07) is 37.6. The first-order valence-electron chi connectivity index (χ1n) is 16.8. The number of aromatic nitrogens is 3. The molecule has 0 radical (unpaired) electrons. The van der Waals surface area contributed by atoms with Crippen LogP contribution < -0.4 is 5.32 Å². The molecule has 238 valence electrons. The van der Waals surface area contributed by atoms with Crippen molar-refractivity contribution in [1.29, 1.82) is 0 Å². The van der Waals surface area contributed by atoms with Crippen LogP contribution in [0.25, 0.3) is 21.8 Å². The number of rotatable bonds is 10. The van der Waals surface area contributed by atoms with Crippen molar-refractivity contribution in [3.05, 3.63) is 138 Å². The Morgan fingerprint density at radius 3 is 2.45 bits per heavy atom. The second-order valence-electron chi connectivity index (χ2n) is 12.7. The summed E-state index contributed by atoms with van der Waals surface area (Å²) in [4.78, 5) is 31.4. The van der Waals surface area contributed by atoms with Crippen LogP contribution in [0.4, 0.5) is 5.95 Å². The molecule has 2 N–H and O–H groups in total. The largest absolute Gasteiger partial charge is 0.353 e. The van der Waals surface area contributed by atoms with Gasteiger partial charge >= 0.3 is 0 Å². The highest BCUT2D eigenvalue weighted by molar-refractivity contribution is 5.94. The average Bonchev–Trinajstić information content (AvgIpc) is 3.54. The van der Waals surface area contributed by atoms with E-state index in [-0.39, 0.29) is 24.0 Å². The molecular weight excluding hydrogens is 580 g/mol. The number of nitrogens with zero attached hydrogens (tertiary/aromatic N) is 4. The molecule has 1 saturated heterocycles. The minimum absolute atomic E-state index is 0.0545. The molecule has 0 aliphatic carbocycles. The lowest BCUT2D eigenvalue weighted by atomic mass is 9.88. The van der Waals surface area contributed by atoms with E-state index in [0.29, 0.717) is 0 Å². The van der Waals surface area contributed by atoms with Crippen LogP contribution in [-0.2, 0) is 6.42 Å². The number of benzene rings is 4. The van der Waals surface area contributed by atoms with Gasteiger partial charge in [-0.25, -0.2) is 4.98 Å². The van der Waals surface area contributed by atoms with Crippen molar-refractivity contribution in [2.45, 2.75) is 50.7 Å². The number of likely N-dealkylation sites (N-methyl/N-ethyl adjacent to an activating group) is 1. The summed E-state index contributed by atoms with van der Waals surface area (Å²) < 4.78 is 0. The molecule has 7 nitrogen and oxygen atoms in total. The number of amides is 1.